The lowest BCUT2D eigenvalue weighted by atomic mass is 10.2. The Kier molecular flexibility index (Phi) is 4.08. The Morgan fingerprint density at radius 3 is 2.91 bits per heavy atom. The summed E-state index contributed by atoms with van der Waals surface area (Å²) in [6.07, 6.45) is 1.98. The van der Waals surface area contributed by atoms with Crippen molar-refractivity contribution >= 4 is 40.6 Å². The molecule has 22 heavy (non-hydrogen) atoms. The van der Waals surface area contributed by atoms with E-state index in [0.29, 0.717) is 28.6 Å². The maximum atomic E-state index is 12.6. The van der Waals surface area contributed by atoms with Crippen LogP contribution in [0.1, 0.15) is 16.1 Å². The minimum Gasteiger partial charge on any atom is -0.329 e. The highest BCUT2D eigenvalue weighted by Crippen LogP contribution is 2.30. The van der Waals surface area contributed by atoms with Crippen molar-refractivity contribution in [1.82, 2.24) is 14.5 Å². The number of amides is 2. The lowest BCUT2D eigenvalue weighted by Crippen LogP contribution is -2.42. The highest BCUT2D eigenvalue weighted by molar-refractivity contribution is 7.07. The number of likely N-dealkylation sites (N-methyl/N-ethyl adjacent to an activating group) is 1. The van der Waals surface area contributed by atoms with Gasteiger partial charge in [-0.1, -0.05) is 28.2 Å². The molecule has 1 aromatic heterocycles. The molecule has 114 valence electrons. The second kappa shape index (κ2) is 6.02. The molecule has 2 heterocycles. The summed E-state index contributed by atoms with van der Waals surface area (Å²) in [4.78, 5) is 28.4. The van der Waals surface area contributed by atoms with E-state index < -0.39 is 6.04 Å². The number of aromatic nitrogens is 2. The molecule has 0 saturated carbocycles. The summed E-state index contributed by atoms with van der Waals surface area (Å²) in [7, 11) is 1.63. The van der Waals surface area contributed by atoms with Crippen molar-refractivity contribution in [3.05, 3.63) is 40.4 Å². The van der Waals surface area contributed by atoms with Crippen molar-refractivity contribution in [3.63, 3.8) is 0 Å². The van der Waals surface area contributed by atoms with E-state index in [0.717, 1.165) is 11.5 Å². The summed E-state index contributed by atoms with van der Waals surface area (Å²) in [5.74, 6) is -0.365. The quantitative estimate of drug-likeness (QED) is 0.860. The van der Waals surface area contributed by atoms with Crippen LogP contribution in [0.15, 0.2) is 30.5 Å². The van der Waals surface area contributed by atoms with Crippen LogP contribution in [0.2, 0.25) is 5.02 Å². The van der Waals surface area contributed by atoms with Crippen LogP contribution in [0.25, 0.3) is 0 Å². The summed E-state index contributed by atoms with van der Waals surface area (Å²) in [5.41, 5.74) is 0.678. The number of para-hydroxylation sites is 1. The Morgan fingerprint density at radius 1 is 1.45 bits per heavy atom. The third-order valence-electron chi connectivity index (χ3n) is 3.68. The van der Waals surface area contributed by atoms with Crippen molar-refractivity contribution in [2.45, 2.75) is 12.5 Å². The second-order valence-electron chi connectivity index (χ2n) is 4.94. The zero-order valence-electron chi connectivity index (χ0n) is 11.8. The number of benzene rings is 1. The minimum absolute atomic E-state index is 0.124. The van der Waals surface area contributed by atoms with Crippen molar-refractivity contribution in [1.29, 1.82) is 0 Å². The molecule has 0 radical (unpaired) electrons. The molecule has 3 rings (SSSR count). The topological polar surface area (TPSA) is 66.4 Å². The van der Waals surface area contributed by atoms with Gasteiger partial charge in [0, 0.05) is 13.6 Å². The molecule has 1 aromatic carbocycles. The molecule has 0 bridgehead atoms. The van der Waals surface area contributed by atoms with Crippen LogP contribution in [0, 0.1) is 0 Å². The van der Waals surface area contributed by atoms with Crippen LogP contribution in [0.5, 0.6) is 0 Å². The number of hydrogen-bond acceptors (Lipinski definition) is 5. The van der Waals surface area contributed by atoms with Crippen LogP contribution in [0.3, 0.4) is 0 Å². The fourth-order valence-electron chi connectivity index (χ4n) is 2.51. The van der Waals surface area contributed by atoms with Crippen LogP contribution in [-0.4, -0.2) is 45.9 Å². The van der Waals surface area contributed by atoms with E-state index in [-0.39, 0.29) is 11.8 Å². The fourth-order valence-corrected chi connectivity index (χ4v) is 3.25. The first-order valence-electron chi connectivity index (χ1n) is 6.70. The van der Waals surface area contributed by atoms with Gasteiger partial charge < -0.3 is 9.80 Å². The Hall–Kier alpha value is -1.99. The van der Waals surface area contributed by atoms with Gasteiger partial charge in [-0.3, -0.25) is 9.59 Å². The number of carbonyl (C=O) groups excluding carboxylic acids is 2. The molecule has 1 aliphatic heterocycles. The maximum Gasteiger partial charge on any atom is 0.267 e. The van der Waals surface area contributed by atoms with Crippen LogP contribution in [0.4, 0.5) is 5.69 Å². The molecule has 1 saturated heterocycles. The van der Waals surface area contributed by atoms with Gasteiger partial charge in [0.2, 0.25) is 5.91 Å². The third kappa shape index (κ3) is 2.57. The van der Waals surface area contributed by atoms with E-state index in [1.165, 1.54) is 11.1 Å². The highest BCUT2D eigenvalue weighted by Gasteiger charge is 2.38. The van der Waals surface area contributed by atoms with Crippen molar-refractivity contribution in [3.8, 4) is 0 Å². The average Bonchev–Trinajstić information content (AvgIpc) is 3.16. The van der Waals surface area contributed by atoms with Crippen molar-refractivity contribution in [2.24, 2.45) is 0 Å². The van der Waals surface area contributed by atoms with E-state index >= 15 is 0 Å². The van der Waals surface area contributed by atoms with Gasteiger partial charge in [0.15, 0.2) is 0 Å². The predicted octanol–water partition coefficient (Wildman–Crippen LogP) is 2.07. The first kappa shape index (κ1) is 14.9. The van der Waals surface area contributed by atoms with E-state index in [4.69, 9.17) is 11.6 Å². The fraction of sp³-hybridized carbons (Fsp3) is 0.286. The number of hydrogen-bond donors (Lipinski definition) is 0. The Morgan fingerprint density at radius 2 is 2.23 bits per heavy atom. The summed E-state index contributed by atoms with van der Waals surface area (Å²) in [5, 5.41) is 4.18. The molecule has 1 aliphatic rings. The molecular formula is C14H13ClN4O2S. The summed E-state index contributed by atoms with van der Waals surface area (Å²) < 4.78 is 3.68. The van der Waals surface area contributed by atoms with Crippen molar-refractivity contribution in [2.75, 3.05) is 18.5 Å². The number of halogens is 1. The number of anilines is 1. The normalized spacial score (nSPS) is 17.8. The van der Waals surface area contributed by atoms with Crippen molar-refractivity contribution < 1.29 is 9.59 Å². The average molecular weight is 337 g/mol. The first-order chi connectivity index (χ1) is 10.6. The molecule has 0 N–H and O–H groups in total. The molecule has 8 heteroatoms. The highest BCUT2D eigenvalue weighted by atomic mass is 35.5. The molecule has 1 fully saturated rings. The molecule has 0 spiro atoms. The lowest BCUT2D eigenvalue weighted by molar-refractivity contribution is -0.120. The molecule has 0 aliphatic carbocycles. The summed E-state index contributed by atoms with van der Waals surface area (Å²) in [6, 6.07) is 6.70. The zero-order chi connectivity index (χ0) is 15.7. The largest absolute Gasteiger partial charge is 0.329 e. The van der Waals surface area contributed by atoms with Gasteiger partial charge in [-0.05, 0) is 30.1 Å². The van der Waals surface area contributed by atoms with Crippen LogP contribution >= 0.6 is 23.1 Å². The van der Waals surface area contributed by atoms with Crippen LogP contribution < -0.4 is 4.90 Å². The lowest BCUT2D eigenvalue weighted by Gasteiger charge is -2.23. The second-order valence-corrected chi connectivity index (χ2v) is 6.14. The van der Waals surface area contributed by atoms with Gasteiger partial charge in [-0.2, -0.15) is 0 Å². The Bertz CT molecular complexity index is 707. The SMILES string of the molecule is CN(C(=O)c1cnns1)[C@H]1CCN(c2ccccc2Cl)C1=O. The van der Waals surface area contributed by atoms with Gasteiger partial charge in [0.1, 0.15) is 10.9 Å². The summed E-state index contributed by atoms with van der Waals surface area (Å²) >= 11 is 7.17. The molecule has 2 amide bonds. The molecule has 0 unspecified atom stereocenters. The predicted molar refractivity (Wildman–Crippen MR) is 84.2 cm³/mol. The standard InChI is InChI=1S/C14H13ClN4O2S/c1-18(14(21)12-8-16-17-22-12)11-6-7-19(13(11)20)10-5-3-2-4-9(10)15/h2-5,8,11H,6-7H2,1H3/t11-/m0/s1. The van der Waals surface area contributed by atoms with E-state index in [1.54, 1.807) is 24.1 Å². The van der Waals surface area contributed by atoms with Crippen LogP contribution in [-0.2, 0) is 4.79 Å². The maximum absolute atomic E-state index is 12.6. The summed E-state index contributed by atoms with van der Waals surface area (Å²) in [6.45, 7) is 0.534. The van der Waals surface area contributed by atoms with E-state index in [1.807, 2.05) is 12.1 Å². The molecular weight excluding hydrogens is 324 g/mol. The van der Waals surface area contributed by atoms with E-state index in [2.05, 4.69) is 9.59 Å². The number of carbonyl (C=O) groups is 2. The minimum atomic E-state index is -0.495. The molecule has 1 atom stereocenters. The van der Waals surface area contributed by atoms with Gasteiger partial charge in [0.25, 0.3) is 5.91 Å². The first-order valence-corrected chi connectivity index (χ1v) is 7.85. The number of nitrogens with zero attached hydrogens (tertiary/aromatic N) is 4. The molecule has 6 nitrogen and oxygen atoms in total. The van der Waals surface area contributed by atoms with Gasteiger partial charge in [-0.15, -0.1) is 5.10 Å². The van der Waals surface area contributed by atoms with Gasteiger partial charge >= 0.3 is 0 Å². The molecule has 2 aromatic rings. The monoisotopic (exact) mass is 336 g/mol. The Balaban J connectivity index is 1.79. The number of rotatable bonds is 3. The van der Waals surface area contributed by atoms with Gasteiger partial charge in [-0.25, -0.2) is 0 Å². The zero-order valence-corrected chi connectivity index (χ0v) is 13.3. The van der Waals surface area contributed by atoms with E-state index in [9.17, 15) is 9.59 Å². The van der Waals surface area contributed by atoms with Gasteiger partial charge in [0.05, 0.1) is 16.9 Å². The third-order valence-corrected chi connectivity index (χ3v) is 4.65. The Labute approximate surface area is 136 Å². The smallest absolute Gasteiger partial charge is 0.267 e.